The van der Waals surface area contributed by atoms with Crippen LogP contribution >= 0.6 is 0 Å². The number of hydrogen-bond donors (Lipinski definition) is 2. The maximum absolute atomic E-state index is 12.1. The monoisotopic (exact) mass is 290 g/mol. The van der Waals surface area contributed by atoms with Gasteiger partial charge >= 0.3 is 0 Å². The molecule has 7 heteroatoms. The summed E-state index contributed by atoms with van der Waals surface area (Å²) in [6, 6.07) is 7.10. The van der Waals surface area contributed by atoms with Crippen LogP contribution in [0.5, 0.6) is 5.75 Å². The van der Waals surface area contributed by atoms with Crippen LogP contribution in [0.4, 0.5) is 11.4 Å². The van der Waals surface area contributed by atoms with Gasteiger partial charge in [0.15, 0.2) is 6.10 Å². The van der Waals surface area contributed by atoms with Gasteiger partial charge in [-0.15, -0.1) is 0 Å². The molecular weight excluding hydrogens is 272 g/mol. The lowest BCUT2D eigenvalue weighted by Gasteiger charge is -2.29. The number of carbonyl (C=O) groups excluding carboxylic acids is 1. The van der Waals surface area contributed by atoms with Crippen LogP contribution in [0.3, 0.4) is 0 Å². The Morgan fingerprint density at radius 3 is 3.19 bits per heavy atom. The zero-order chi connectivity index (χ0) is 15.2. The van der Waals surface area contributed by atoms with Gasteiger partial charge in [-0.1, -0.05) is 0 Å². The van der Waals surface area contributed by atoms with Crippen LogP contribution in [0, 0.1) is 11.3 Å². The third-order valence-electron chi connectivity index (χ3n) is 3.16. The van der Waals surface area contributed by atoms with Crippen molar-refractivity contribution in [1.29, 1.82) is 5.26 Å². The number of nitrogens with zero attached hydrogens (tertiary/aromatic N) is 2. The van der Waals surface area contributed by atoms with Crippen molar-refractivity contribution in [3.63, 3.8) is 0 Å². The molecule has 1 unspecified atom stereocenters. The van der Waals surface area contributed by atoms with Gasteiger partial charge in [0.05, 0.1) is 32.0 Å². The highest BCUT2D eigenvalue weighted by atomic mass is 16.5. The lowest BCUT2D eigenvalue weighted by atomic mass is 10.2. The molecule has 1 aliphatic heterocycles. The van der Waals surface area contributed by atoms with E-state index in [1.807, 2.05) is 4.90 Å². The molecule has 1 atom stereocenters. The van der Waals surface area contributed by atoms with Crippen molar-refractivity contribution in [3.8, 4) is 11.8 Å². The van der Waals surface area contributed by atoms with Gasteiger partial charge in [-0.3, -0.25) is 9.69 Å². The Morgan fingerprint density at radius 1 is 1.67 bits per heavy atom. The highest BCUT2D eigenvalue weighted by Gasteiger charge is 2.22. The molecule has 1 saturated heterocycles. The standard InChI is InChI=1S/C14H18N4O3/c1-20-13-3-2-10(16)6-12(13)17-14(19)9-18-4-5-21-11(7-15)8-18/h2-3,6,11H,4-5,8-9,16H2,1H3,(H,17,19). The molecule has 1 amide bonds. The molecule has 3 N–H and O–H groups in total. The summed E-state index contributed by atoms with van der Waals surface area (Å²) in [5.41, 5.74) is 6.79. The second-order valence-corrected chi connectivity index (χ2v) is 4.73. The van der Waals surface area contributed by atoms with Crippen LogP contribution in [0.25, 0.3) is 0 Å². The topological polar surface area (TPSA) is 101 Å². The highest BCUT2D eigenvalue weighted by molar-refractivity contribution is 5.94. The number of amides is 1. The van der Waals surface area contributed by atoms with E-state index in [-0.39, 0.29) is 12.5 Å². The Kier molecular flexibility index (Phi) is 4.98. The first kappa shape index (κ1) is 15.1. The summed E-state index contributed by atoms with van der Waals surface area (Å²) in [6.45, 7) is 1.70. The van der Waals surface area contributed by atoms with E-state index in [9.17, 15) is 4.79 Å². The number of methoxy groups -OCH3 is 1. The van der Waals surface area contributed by atoms with Gasteiger partial charge in [0.1, 0.15) is 5.75 Å². The maximum Gasteiger partial charge on any atom is 0.238 e. The van der Waals surface area contributed by atoms with Crippen molar-refractivity contribution in [2.45, 2.75) is 6.10 Å². The number of nitrogen functional groups attached to an aromatic ring is 1. The lowest BCUT2D eigenvalue weighted by molar-refractivity contribution is -0.118. The number of anilines is 2. The Hall–Kier alpha value is -2.30. The molecule has 0 saturated carbocycles. The van der Waals surface area contributed by atoms with E-state index < -0.39 is 6.10 Å². The number of rotatable bonds is 4. The molecule has 1 aromatic carbocycles. The SMILES string of the molecule is COc1ccc(N)cc1NC(=O)CN1CCOC(C#N)C1. The summed E-state index contributed by atoms with van der Waals surface area (Å²) in [7, 11) is 1.53. The zero-order valence-electron chi connectivity index (χ0n) is 11.8. The second-order valence-electron chi connectivity index (χ2n) is 4.73. The number of benzene rings is 1. The maximum atomic E-state index is 12.1. The van der Waals surface area contributed by atoms with Crippen molar-refractivity contribution < 1.29 is 14.3 Å². The van der Waals surface area contributed by atoms with Gasteiger partial charge in [-0.25, -0.2) is 0 Å². The van der Waals surface area contributed by atoms with Crippen LogP contribution in [-0.4, -0.2) is 50.3 Å². The molecule has 1 heterocycles. The van der Waals surface area contributed by atoms with Gasteiger partial charge in [-0.05, 0) is 18.2 Å². The first-order chi connectivity index (χ1) is 10.1. The smallest absolute Gasteiger partial charge is 0.238 e. The van der Waals surface area contributed by atoms with Crippen molar-refractivity contribution in [3.05, 3.63) is 18.2 Å². The minimum absolute atomic E-state index is 0.183. The number of hydrogen-bond acceptors (Lipinski definition) is 6. The minimum Gasteiger partial charge on any atom is -0.495 e. The molecule has 0 bridgehead atoms. The van der Waals surface area contributed by atoms with Gasteiger partial charge in [-0.2, -0.15) is 5.26 Å². The van der Waals surface area contributed by atoms with Crippen molar-refractivity contribution in [1.82, 2.24) is 4.90 Å². The fraction of sp³-hybridized carbons (Fsp3) is 0.429. The average Bonchev–Trinajstić information content (AvgIpc) is 2.47. The normalized spacial score (nSPS) is 18.8. The number of morpholine rings is 1. The summed E-state index contributed by atoms with van der Waals surface area (Å²) in [6.07, 6.45) is -0.478. The summed E-state index contributed by atoms with van der Waals surface area (Å²) in [5.74, 6) is 0.368. The molecule has 1 aliphatic rings. The first-order valence-electron chi connectivity index (χ1n) is 6.59. The summed E-state index contributed by atoms with van der Waals surface area (Å²) in [4.78, 5) is 14.0. The van der Waals surface area contributed by atoms with Crippen LogP contribution in [0.1, 0.15) is 0 Å². The molecule has 0 aromatic heterocycles. The van der Waals surface area contributed by atoms with Crippen LogP contribution < -0.4 is 15.8 Å². The molecule has 21 heavy (non-hydrogen) atoms. The van der Waals surface area contributed by atoms with E-state index in [1.165, 1.54) is 7.11 Å². The fourth-order valence-corrected chi connectivity index (χ4v) is 2.14. The minimum atomic E-state index is -0.478. The molecule has 1 aromatic rings. The van der Waals surface area contributed by atoms with E-state index in [0.29, 0.717) is 36.8 Å². The lowest BCUT2D eigenvalue weighted by Crippen LogP contribution is -2.45. The molecule has 112 valence electrons. The second kappa shape index (κ2) is 6.92. The average molecular weight is 290 g/mol. The van der Waals surface area contributed by atoms with Crippen LogP contribution in [-0.2, 0) is 9.53 Å². The van der Waals surface area contributed by atoms with E-state index in [2.05, 4.69) is 11.4 Å². The zero-order valence-corrected chi connectivity index (χ0v) is 11.8. The van der Waals surface area contributed by atoms with Gasteiger partial charge in [0.25, 0.3) is 0 Å². The predicted octanol–water partition coefficient (Wildman–Crippen LogP) is 0.440. The van der Waals surface area contributed by atoms with E-state index in [4.69, 9.17) is 20.5 Å². The molecule has 0 aliphatic carbocycles. The molecule has 1 fully saturated rings. The third kappa shape index (κ3) is 4.08. The van der Waals surface area contributed by atoms with Gasteiger partial charge < -0.3 is 20.5 Å². The molecule has 7 nitrogen and oxygen atoms in total. The Balaban J connectivity index is 1.96. The number of nitrogens with one attached hydrogen (secondary N) is 1. The van der Waals surface area contributed by atoms with Crippen LogP contribution in [0.15, 0.2) is 18.2 Å². The van der Waals surface area contributed by atoms with Crippen molar-refractivity contribution in [2.75, 3.05) is 44.4 Å². The quantitative estimate of drug-likeness (QED) is 0.780. The molecule has 0 spiro atoms. The van der Waals surface area contributed by atoms with E-state index in [0.717, 1.165) is 0 Å². The predicted molar refractivity (Wildman–Crippen MR) is 77.8 cm³/mol. The number of carbonyl (C=O) groups is 1. The van der Waals surface area contributed by atoms with Crippen molar-refractivity contribution >= 4 is 17.3 Å². The third-order valence-corrected chi connectivity index (χ3v) is 3.16. The number of nitrogens with two attached hydrogens (primary N) is 1. The van der Waals surface area contributed by atoms with Gasteiger partial charge in [0.2, 0.25) is 5.91 Å². The molecule has 0 radical (unpaired) electrons. The summed E-state index contributed by atoms with van der Waals surface area (Å²) in [5, 5.41) is 11.6. The highest BCUT2D eigenvalue weighted by Crippen LogP contribution is 2.26. The van der Waals surface area contributed by atoms with E-state index in [1.54, 1.807) is 18.2 Å². The fourth-order valence-electron chi connectivity index (χ4n) is 2.14. The first-order valence-corrected chi connectivity index (χ1v) is 6.59. The largest absolute Gasteiger partial charge is 0.495 e. The Morgan fingerprint density at radius 2 is 2.48 bits per heavy atom. The Labute approximate surface area is 123 Å². The van der Waals surface area contributed by atoms with E-state index >= 15 is 0 Å². The Bertz CT molecular complexity index is 556. The van der Waals surface area contributed by atoms with Crippen LogP contribution in [0.2, 0.25) is 0 Å². The van der Waals surface area contributed by atoms with Crippen molar-refractivity contribution in [2.24, 2.45) is 0 Å². The number of ether oxygens (including phenoxy) is 2. The summed E-state index contributed by atoms with van der Waals surface area (Å²) >= 11 is 0. The number of nitriles is 1. The molecular formula is C14H18N4O3. The molecule has 2 rings (SSSR count). The summed E-state index contributed by atoms with van der Waals surface area (Å²) < 4.78 is 10.4. The van der Waals surface area contributed by atoms with Gasteiger partial charge in [0, 0.05) is 18.8 Å².